The van der Waals surface area contributed by atoms with Gasteiger partial charge in [0, 0.05) is 12.4 Å². The molecule has 0 N–H and O–H groups in total. The molecule has 0 aliphatic heterocycles. The largest absolute Gasteiger partial charge is 0.497 e. The molecule has 0 radical (unpaired) electrons. The zero-order chi connectivity index (χ0) is 19.3. The van der Waals surface area contributed by atoms with Gasteiger partial charge in [0.25, 0.3) is 10.0 Å². The molecular formula is C21H22N2O3S. The molecular weight excluding hydrogens is 360 g/mol. The maximum atomic E-state index is 13.4. The van der Waals surface area contributed by atoms with Crippen LogP contribution in [0.3, 0.4) is 0 Å². The summed E-state index contributed by atoms with van der Waals surface area (Å²) in [7, 11) is -2.15. The van der Waals surface area contributed by atoms with Gasteiger partial charge in [-0.3, -0.25) is 9.29 Å². The van der Waals surface area contributed by atoms with E-state index in [1.54, 1.807) is 62.0 Å². The smallest absolute Gasteiger partial charge is 0.264 e. The predicted octanol–water partition coefficient (Wildman–Crippen LogP) is 4.05. The van der Waals surface area contributed by atoms with Crippen molar-refractivity contribution in [3.63, 3.8) is 0 Å². The minimum atomic E-state index is -3.73. The van der Waals surface area contributed by atoms with Gasteiger partial charge in [0.2, 0.25) is 0 Å². The zero-order valence-corrected chi connectivity index (χ0v) is 16.2. The minimum Gasteiger partial charge on any atom is -0.497 e. The van der Waals surface area contributed by atoms with Crippen molar-refractivity contribution >= 4 is 15.7 Å². The summed E-state index contributed by atoms with van der Waals surface area (Å²) in [5.74, 6) is 0.671. The van der Waals surface area contributed by atoms with Gasteiger partial charge < -0.3 is 4.74 Å². The van der Waals surface area contributed by atoms with E-state index in [4.69, 9.17) is 4.74 Å². The first-order valence-electron chi connectivity index (χ1n) is 8.69. The van der Waals surface area contributed by atoms with Crippen molar-refractivity contribution in [2.75, 3.05) is 11.4 Å². The van der Waals surface area contributed by atoms with Gasteiger partial charge >= 0.3 is 0 Å². The van der Waals surface area contributed by atoms with E-state index in [0.29, 0.717) is 11.4 Å². The van der Waals surface area contributed by atoms with Gasteiger partial charge in [-0.2, -0.15) is 0 Å². The molecule has 6 heteroatoms. The van der Waals surface area contributed by atoms with Crippen LogP contribution in [0.25, 0.3) is 0 Å². The Labute approximate surface area is 160 Å². The van der Waals surface area contributed by atoms with Crippen LogP contribution in [0.1, 0.15) is 18.1 Å². The van der Waals surface area contributed by atoms with E-state index < -0.39 is 10.0 Å². The lowest BCUT2D eigenvalue weighted by atomic mass is 10.2. The summed E-state index contributed by atoms with van der Waals surface area (Å²) >= 11 is 0. The maximum absolute atomic E-state index is 13.4. The van der Waals surface area contributed by atoms with Crippen LogP contribution in [0.15, 0.2) is 78.0 Å². The Balaban J connectivity index is 2.03. The van der Waals surface area contributed by atoms with E-state index in [-0.39, 0.29) is 11.4 Å². The summed E-state index contributed by atoms with van der Waals surface area (Å²) in [5, 5.41) is 0. The van der Waals surface area contributed by atoms with Crippen LogP contribution in [-0.2, 0) is 23.0 Å². The second-order valence-electron chi connectivity index (χ2n) is 6.07. The number of sulfonamides is 1. The average Bonchev–Trinajstić information content (AvgIpc) is 2.73. The van der Waals surface area contributed by atoms with Crippen molar-refractivity contribution in [1.29, 1.82) is 0 Å². The monoisotopic (exact) mass is 382 g/mol. The SMILES string of the molecule is CCc1ccc(S(=O)(=O)N(Cc2cccnc2)c2ccc(OC)cc2)cc1. The molecule has 2 aromatic carbocycles. The van der Waals surface area contributed by atoms with Crippen LogP contribution in [-0.4, -0.2) is 20.5 Å². The van der Waals surface area contributed by atoms with Crippen molar-refractivity contribution in [2.24, 2.45) is 0 Å². The van der Waals surface area contributed by atoms with Crippen molar-refractivity contribution < 1.29 is 13.2 Å². The van der Waals surface area contributed by atoms with E-state index in [0.717, 1.165) is 17.5 Å². The number of benzene rings is 2. The number of aryl methyl sites for hydroxylation is 1. The van der Waals surface area contributed by atoms with Crippen LogP contribution in [0.4, 0.5) is 5.69 Å². The molecule has 140 valence electrons. The van der Waals surface area contributed by atoms with Crippen LogP contribution in [0, 0.1) is 0 Å². The fourth-order valence-corrected chi connectivity index (χ4v) is 4.20. The third kappa shape index (κ3) is 4.28. The summed E-state index contributed by atoms with van der Waals surface area (Å²) in [6.07, 6.45) is 4.20. The highest BCUT2D eigenvalue weighted by Gasteiger charge is 2.25. The number of hydrogen-bond acceptors (Lipinski definition) is 4. The third-order valence-electron chi connectivity index (χ3n) is 4.33. The standard InChI is InChI=1S/C21H22N2O3S/c1-3-17-6-12-21(13-7-17)27(24,25)23(16-18-5-4-14-22-15-18)19-8-10-20(26-2)11-9-19/h4-15H,3,16H2,1-2H3. The van der Waals surface area contributed by atoms with Gasteiger partial charge in [0.05, 0.1) is 24.2 Å². The lowest BCUT2D eigenvalue weighted by Crippen LogP contribution is -2.30. The number of methoxy groups -OCH3 is 1. The Morgan fingerprint density at radius 1 is 0.963 bits per heavy atom. The van der Waals surface area contributed by atoms with Crippen molar-refractivity contribution in [3.8, 4) is 5.75 Å². The van der Waals surface area contributed by atoms with Crippen molar-refractivity contribution in [3.05, 3.63) is 84.2 Å². The van der Waals surface area contributed by atoms with Crippen LogP contribution < -0.4 is 9.04 Å². The summed E-state index contributed by atoms with van der Waals surface area (Å²) in [4.78, 5) is 4.36. The molecule has 0 amide bonds. The Morgan fingerprint density at radius 2 is 1.67 bits per heavy atom. The topological polar surface area (TPSA) is 59.5 Å². The average molecular weight is 382 g/mol. The van der Waals surface area contributed by atoms with Gasteiger partial charge in [-0.25, -0.2) is 8.42 Å². The molecule has 0 aliphatic rings. The van der Waals surface area contributed by atoms with E-state index >= 15 is 0 Å². The highest BCUT2D eigenvalue weighted by atomic mass is 32.2. The lowest BCUT2D eigenvalue weighted by Gasteiger charge is -2.25. The number of nitrogens with zero attached hydrogens (tertiary/aromatic N) is 2. The molecule has 27 heavy (non-hydrogen) atoms. The molecule has 3 rings (SSSR count). The number of aromatic nitrogens is 1. The molecule has 0 aliphatic carbocycles. The first kappa shape index (κ1) is 18.9. The quantitative estimate of drug-likeness (QED) is 0.619. The number of ether oxygens (including phenoxy) is 1. The molecule has 0 fully saturated rings. The highest BCUT2D eigenvalue weighted by Crippen LogP contribution is 2.27. The van der Waals surface area contributed by atoms with Crippen LogP contribution in [0.5, 0.6) is 5.75 Å². The third-order valence-corrected chi connectivity index (χ3v) is 6.12. The van der Waals surface area contributed by atoms with E-state index in [1.165, 1.54) is 4.31 Å². The Morgan fingerprint density at radius 3 is 2.22 bits per heavy atom. The van der Waals surface area contributed by atoms with Crippen LogP contribution in [0.2, 0.25) is 0 Å². The molecule has 1 heterocycles. The molecule has 3 aromatic rings. The summed E-state index contributed by atoms with van der Waals surface area (Å²) < 4.78 is 33.3. The first-order valence-corrected chi connectivity index (χ1v) is 10.1. The summed E-state index contributed by atoms with van der Waals surface area (Å²) in [6.45, 7) is 2.23. The van der Waals surface area contributed by atoms with Gasteiger partial charge in [0.1, 0.15) is 5.75 Å². The fraction of sp³-hybridized carbons (Fsp3) is 0.190. The Bertz CT molecular complexity index is 970. The number of rotatable bonds is 7. The second kappa shape index (κ2) is 8.22. The Kier molecular flexibility index (Phi) is 5.76. The van der Waals surface area contributed by atoms with Crippen molar-refractivity contribution in [1.82, 2.24) is 4.98 Å². The molecule has 1 aromatic heterocycles. The molecule has 0 spiro atoms. The zero-order valence-electron chi connectivity index (χ0n) is 15.4. The van der Waals surface area contributed by atoms with E-state index in [2.05, 4.69) is 4.98 Å². The van der Waals surface area contributed by atoms with E-state index in [9.17, 15) is 8.42 Å². The number of hydrogen-bond donors (Lipinski definition) is 0. The minimum absolute atomic E-state index is 0.192. The number of pyridine rings is 1. The first-order chi connectivity index (χ1) is 13.0. The fourth-order valence-electron chi connectivity index (χ4n) is 2.75. The van der Waals surface area contributed by atoms with Gasteiger partial charge in [-0.15, -0.1) is 0 Å². The van der Waals surface area contributed by atoms with E-state index in [1.807, 2.05) is 25.1 Å². The van der Waals surface area contributed by atoms with Gasteiger partial charge in [-0.05, 0) is 60.0 Å². The van der Waals surface area contributed by atoms with Crippen molar-refractivity contribution in [2.45, 2.75) is 24.8 Å². The highest BCUT2D eigenvalue weighted by molar-refractivity contribution is 7.92. The molecule has 5 nitrogen and oxygen atoms in total. The molecule has 0 bridgehead atoms. The van der Waals surface area contributed by atoms with Gasteiger partial charge in [0.15, 0.2) is 0 Å². The normalized spacial score (nSPS) is 11.2. The maximum Gasteiger partial charge on any atom is 0.264 e. The molecule has 0 saturated heterocycles. The Hall–Kier alpha value is -2.86. The molecule has 0 saturated carbocycles. The lowest BCUT2D eigenvalue weighted by molar-refractivity contribution is 0.415. The summed E-state index contributed by atoms with van der Waals surface area (Å²) in [5.41, 5.74) is 2.47. The van der Waals surface area contributed by atoms with Gasteiger partial charge in [-0.1, -0.05) is 25.1 Å². The van der Waals surface area contributed by atoms with Crippen LogP contribution >= 0.6 is 0 Å². The molecule has 0 unspecified atom stereocenters. The predicted molar refractivity (Wildman–Crippen MR) is 106 cm³/mol. The summed E-state index contributed by atoms with van der Waals surface area (Å²) in [6, 6.07) is 17.7. The molecule has 0 atom stereocenters. The second-order valence-corrected chi connectivity index (χ2v) is 7.93. The number of anilines is 1.